The molecule has 1 saturated carbocycles. The van der Waals surface area contributed by atoms with Gasteiger partial charge in [0.1, 0.15) is 11.4 Å². The fraction of sp³-hybridized carbons (Fsp3) is 0.600. The van der Waals surface area contributed by atoms with Crippen LogP contribution in [0.5, 0.6) is 5.75 Å². The van der Waals surface area contributed by atoms with Gasteiger partial charge in [0.15, 0.2) is 6.10 Å². The first-order valence-electron chi connectivity index (χ1n) is 9.12. The molecule has 3 rings (SSSR count). The standard InChI is InChI=1S/C20H27NO6/c1-19(2,3)27-18(24)21-11-20(12-21)9-13(10-20)26-16(17(22)23)14-7-5-6-8-15(14)25-4/h5-8,13,16H,9-12H2,1-4H3,(H,22,23). The molecule has 1 saturated heterocycles. The molecule has 2 aliphatic rings. The molecule has 1 unspecified atom stereocenters. The monoisotopic (exact) mass is 377 g/mol. The highest BCUT2D eigenvalue weighted by Crippen LogP contribution is 2.51. The van der Waals surface area contributed by atoms with Crippen molar-refractivity contribution in [1.29, 1.82) is 0 Å². The van der Waals surface area contributed by atoms with Crippen molar-refractivity contribution in [1.82, 2.24) is 4.90 Å². The van der Waals surface area contributed by atoms with Crippen molar-refractivity contribution < 1.29 is 28.9 Å². The molecule has 2 fully saturated rings. The predicted molar refractivity (Wildman–Crippen MR) is 97.7 cm³/mol. The fourth-order valence-electron chi connectivity index (χ4n) is 3.82. The van der Waals surface area contributed by atoms with Crippen molar-refractivity contribution >= 4 is 12.1 Å². The molecule has 27 heavy (non-hydrogen) atoms. The van der Waals surface area contributed by atoms with Crippen molar-refractivity contribution in [3.8, 4) is 5.75 Å². The number of ether oxygens (including phenoxy) is 3. The minimum atomic E-state index is -1.06. The average Bonchev–Trinajstić information content (AvgIpc) is 2.50. The van der Waals surface area contributed by atoms with Gasteiger partial charge in [0.2, 0.25) is 0 Å². The van der Waals surface area contributed by atoms with Crippen LogP contribution in [-0.4, -0.2) is 54.0 Å². The van der Waals surface area contributed by atoms with E-state index in [1.807, 2.05) is 20.8 Å². The van der Waals surface area contributed by atoms with Crippen molar-refractivity contribution in [3.63, 3.8) is 0 Å². The topological polar surface area (TPSA) is 85.3 Å². The third-order valence-electron chi connectivity index (χ3n) is 5.00. The fourth-order valence-corrected chi connectivity index (χ4v) is 3.82. The first-order valence-corrected chi connectivity index (χ1v) is 9.12. The molecule has 148 valence electrons. The van der Waals surface area contributed by atoms with Crippen LogP contribution in [-0.2, 0) is 14.3 Å². The van der Waals surface area contributed by atoms with E-state index >= 15 is 0 Å². The molecule has 1 aliphatic carbocycles. The highest BCUT2D eigenvalue weighted by Gasteiger charge is 2.55. The third kappa shape index (κ3) is 4.18. The molecule has 1 N–H and O–H groups in total. The van der Waals surface area contributed by atoms with Crippen LogP contribution in [0, 0.1) is 5.41 Å². The van der Waals surface area contributed by atoms with E-state index in [9.17, 15) is 14.7 Å². The highest BCUT2D eigenvalue weighted by atomic mass is 16.6. The Hall–Kier alpha value is -2.28. The van der Waals surface area contributed by atoms with Crippen LogP contribution in [0.4, 0.5) is 4.79 Å². The third-order valence-corrected chi connectivity index (χ3v) is 5.00. The molecule has 1 aromatic rings. The van der Waals surface area contributed by atoms with Gasteiger partial charge >= 0.3 is 12.1 Å². The maximum Gasteiger partial charge on any atom is 0.410 e. The van der Waals surface area contributed by atoms with E-state index in [-0.39, 0.29) is 17.6 Å². The number of likely N-dealkylation sites (tertiary alicyclic amines) is 1. The summed E-state index contributed by atoms with van der Waals surface area (Å²) >= 11 is 0. The molecule has 0 radical (unpaired) electrons. The Morgan fingerprint density at radius 2 is 1.85 bits per heavy atom. The second kappa shape index (κ2) is 7.03. The van der Waals surface area contributed by atoms with Crippen molar-refractivity contribution in [2.24, 2.45) is 5.41 Å². The molecule has 1 spiro atoms. The lowest BCUT2D eigenvalue weighted by Crippen LogP contribution is -2.65. The van der Waals surface area contributed by atoms with Gasteiger partial charge in [0.25, 0.3) is 0 Å². The number of para-hydroxylation sites is 1. The first-order chi connectivity index (χ1) is 12.6. The summed E-state index contributed by atoms with van der Waals surface area (Å²) in [7, 11) is 1.51. The number of hydrogen-bond acceptors (Lipinski definition) is 5. The largest absolute Gasteiger partial charge is 0.496 e. The summed E-state index contributed by atoms with van der Waals surface area (Å²) in [6.45, 7) is 6.80. The number of carboxylic acids is 1. The zero-order valence-electron chi connectivity index (χ0n) is 16.2. The summed E-state index contributed by atoms with van der Waals surface area (Å²) in [5, 5.41) is 9.59. The number of hydrogen-bond donors (Lipinski definition) is 1. The van der Waals surface area contributed by atoms with Crippen LogP contribution in [0.15, 0.2) is 24.3 Å². The molecule has 1 aliphatic heterocycles. The Bertz CT molecular complexity index is 711. The van der Waals surface area contributed by atoms with Gasteiger partial charge in [-0.05, 0) is 39.7 Å². The van der Waals surface area contributed by atoms with Crippen LogP contribution in [0.25, 0.3) is 0 Å². The van der Waals surface area contributed by atoms with E-state index in [1.165, 1.54) is 7.11 Å². The molecule has 7 nitrogen and oxygen atoms in total. The zero-order valence-corrected chi connectivity index (χ0v) is 16.2. The Kier molecular flexibility index (Phi) is 5.08. The van der Waals surface area contributed by atoms with Gasteiger partial charge in [-0.25, -0.2) is 9.59 Å². The predicted octanol–water partition coefficient (Wildman–Crippen LogP) is 3.24. The van der Waals surface area contributed by atoms with Crippen LogP contribution in [0.3, 0.4) is 0 Å². The second-order valence-corrected chi connectivity index (χ2v) is 8.46. The van der Waals surface area contributed by atoms with E-state index in [2.05, 4.69) is 0 Å². The maximum atomic E-state index is 12.1. The van der Waals surface area contributed by atoms with E-state index in [0.717, 1.165) is 12.8 Å². The summed E-state index contributed by atoms with van der Waals surface area (Å²) in [6, 6.07) is 6.99. The first kappa shape index (κ1) is 19.5. The van der Waals surface area contributed by atoms with Crippen LogP contribution >= 0.6 is 0 Å². The SMILES string of the molecule is COc1ccccc1C(OC1CC2(C1)CN(C(=O)OC(C)(C)C)C2)C(=O)O. The molecular weight excluding hydrogens is 350 g/mol. The minimum absolute atomic E-state index is 0.0331. The van der Waals surface area contributed by atoms with Gasteiger partial charge in [-0.15, -0.1) is 0 Å². The molecular formula is C20H27NO6. The zero-order chi connectivity index (χ0) is 19.8. The van der Waals surface area contributed by atoms with Gasteiger partial charge in [0, 0.05) is 24.1 Å². The van der Waals surface area contributed by atoms with Gasteiger partial charge in [-0.3, -0.25) is 0 Å². The van der Waals surface area contributed by atoms with Gasteiger partial charge in [-0.1, -0.05) is 18.2 Å². The lowest BCUT2D eigenvalue weighted by Gasteiger charge is -2.58. The molecule has 0 bridgehead atoms. The van der Waals surface area contributed by atoms with E-state index in [4.69, 9.17) is 14.2 Å². The minimum Gasteiger partial charge on any atom is -0.496 e. The normalized spacial score (nSPS) is 19.8. The summed E-state index contributed by atoms with van der Waals surface area (Å²) < 4.78 is 16.5. The summed E-state index contributed by atoms with van der Waals surface area (Å²) in [5.74, 6) is -0.539. The Labute approximate surface area is 159 Å². The van der Waals surface area contributed by atoms with E-state index in [0.29, 0.717) is 24.4 Å². The number of carbonyl (C=O) groups is 2. The highest BCUT2D eigenvalue weighted by molar-refractivity contribution is 5.75. The van der Waals surface area contributed by atoms with Gasteiger partial charge < -0.3 is 24.2 Å². The summed E-state index contributed by atoms with van der Waals surface area (Å²) in [6.07, 6.45) is -0.0199. The lowest BCUT2D eigenvalue weighted by molar-refractivity contribution is -0.183. The van der Waals surface area contributed by atoms with Crippen LogP contribution in [0.2, 0.25) is 0 Å². The number of amides is 1. The molecule has 1 atom stereocenters. The quantitative estimate of drug-likeness (QED) is 0.848. The van der Waals surface area contributed by atoms with Crippen LogP contribution in [0.1, 0.15) is 45.3 Å². The Morgan fingerprint density at radius 3 is 2.41 bits per heavy atom. The molecule has 7 heteroatoms. The molecule has 0 aromatic heterocycles. The number of carboxylic acid groups (broad SMARTS) is 1. The average molecular weight is 377 g/mol. The number of methoxy groups -OCH3 is 1. The Balaban J connectivity index is 1.54. The van der Waals surface area contributed by atoms with Crippen molar-refractivity contribution in [2.75, 3.05) is 20.2 Å². The smallest absolute Gasteiger partial charge is 0.410 e. The number of rotatable bonds is 5. The lowest BCUT2D eigenvalue weighted by atomic mass is 9.62. The van der Waals surface area contributed by atoms with Crippen molar-refractivity contribution in [2.45, 2.75) is 51.4 Å². The van der Waals surface area contributed by atoms with Gasteiger partial charge in [-0.2, -0.15) is 0 Å². The Morgan fingerprint density at radius 1 is 1.22 bits per heavy atom. The number of aliphatic carboxylic acids is 1. The maximum absolute atomic E-state index is 12.1. The number of nitrogens with zero attached hydrogens (tertiary/aromatic N) is 1. The van der Waals surface area contributed by atoms with Crippen molar-refractivity contribution in [3.05, 3.63) is 29.8 Å². The number of carbonyl (C=O) groups excluding carboxylic acids is 1. The molecule has 1 aromatic carbocycles. The van der Waals surface area contributed by atoms with E-state index < -0.39 is 17.7 Å². The summed E-state index contributed by atoms with van der Waals surface area (Å²) in [5.41, 5.74) is 0.0392. The van der Waals surface area contributed by atoms with E-state index in [1.54, 1.807) is 29.2 Å². The van der Waals surface area contributed by atoms with Gasteiger partial charge in [0.05, 0.1) is 13.2 Å². The summed E-state index contributed by atoms with van der Waals surface area (Å²) in [4.78, 5) is 25.5. The second-order valence-electron chi connectivity index (χ2n) is 8.46. The molecule has 1 amide bonds. The molecule has 1 heterocycles. The number of benzene rings is 1. The van der Waals surface area contributed by atoms with Crippen LogP contribution < -0.4 is 4.74 Å².